The molecule has 0 spiro atoms. The van der Waals surface area contributed by atoms with Crippen LogP contribution in [0.1, 0.15) is 36.0 Å². The predicted octanol–water partition coefficient (Wildman–Crippen LogP) is 2.04. The quantitative estimate of drug-likeness (QED) is 0.798. The Balaban J connectivity index is 2.19. The molecule has 0 amide bonds. The van der Waals surface area contributed by atoms with E-state index in [0.717, 1.165) is 30.0 Å². The van der Waals surface area contributed by atoms with Crippen LogP contribution < -0.4 is 0 Å². The molecule has 0 N–H and O–H groups in total. The highest BCUT2D eigenvalue weighted by Gasteiger charge is 2.22. The molecule has 0 aromatic heterocycles. The number of hydrogen-bond donors (Lipinski definition) is 0. The smallest absolute Gasteiger partial charge is 0.338 e. The number of esters is 1. The minimum absolute atomic E-state index is 0.0309. The van der Waals surface area contributed by atoms with E-state index >= 15 is 0 Å². The van der Waals surface area contributed by atoms with Gasteiger partial charge in [0.1, 0.15) is 6.10 Å². The fraction of sp³-hybridized carbons (Fsp3) is 0.500. The normalized spacial score (nSPS) is 16.6. The minimum atomic E-state index is -3.53. The standard InChI is InChI=1S/C14H19NO4S/c1-15(2)20(17,18)13-9-5-6-11(10-13)14(16)19-12-7-3-4-8-12/h5-6,9-10,12H,3-4,7-8H2,1-2H3. The molecular weight excluding hydrogens is 278 g/mol. The van der Waals surface area contributed by atoms with Gasteiger partial charge in [-0.25, -0.2) is 17.5 Å². The van der Waals surface area contributed by atoms with Gasteiger partial charge in [0.15, 0.2) is 0 Å². The number of sulfonamides is 1. The third-order valence-corrected chi connectivity index (χ3v) is 5.24. The van der Waals surface area contributed by atoms with E-state index in [4.69, 9.17) is 4.74 Å². The fourth-order valence-electron chi connectivity index (χ4n) is 2.22. The second-order valence-corrected chi connectivity index (χ2v) is 7.28. The third kappa shape index (κ3) is 3.19. The van der Waals surface area contributed by atoms with Gasteiger partial charge >= 0.3 is 5.97 Å². The van der Waals surface area contributed by atoms with Crippen LogP contribution in [0.3, 0.4) is 0 Å². The van der Waals surface area contributed by atoms with Crippen LogP contribution >= 0.6 is 0 Å². The zero-order chi connectivity index (χ0) is 14.8. The lowest BCUT2D eigenvalue weighted by Crippen LogP contribution is -2.22. The van der Waals surface area contributed by atoms with Crippen LogP contribution in [-0.2, 0) is 14.8 Å². The molecule has 0 unspecified atom stereocenters. The van der Waals surface area contributed by atoms with Crippen molar-refractivity contribution >= 4 is 16.0 Å². The van der Waals surface area contributed by atoms with Crippen LogP contribution in [0.2, 0.25) is 0 Å². The Hall–Kier alpha value is -1.40. The molecule has 0 aliphatic heterocycles. The molecule has 0 radical (unpaired) electrons. The van der Waals surface area contributed by atoms with E-state index in [0.29, 0.717) is 0 Å². The van der Waals surface area contributed by atoms with E-state index in [1.54, 1.807) is 12.1 Å². The summed E-state index contributed by atoms with van der Waals surface area (Å²) in [6.45, 7) is 0. The molecule has 1 aliphatic carbocycles. The van der Waals surface area contributed by atoms with Crippen molar-refractivity contribution in [1.29, 1.82) is 0 Å². The first-order chi connectivity index (χ1) is 9.41. The summed E-state index contributed by atoms with van der Waals surface area (Å²) in [5.41, 5.74) is 0.278. The SMILES string of the molecule is CN(C)S(=O)(=O)c1cccc(C(=O)OC2CCCC2)c1. The Morgan fingerprint density at radius 1 is 1.25 bits per heavy atom. The van der Waals surface area contributed by atoms with Gasteiger partial charge in [0.05, 0.1) is 10.5 Å². The summed E-state index contributed by atoms with van der Waals surface area (Å²) in [5, 5.41) is 0. The number of rotatable bonds is 4. The molecule has 20 heavy (non-hydrogen) atoms. The molecular formula is C14H19NO4S. The van der Waals surface area contributed by atoms with Crippen molar-refractivity contribution in [3.8, 4) is 0 Å². The van der Waals surface area contributed by atoms with Crippen LogP contribution in [0, 0.1) is 0 Å². The summed E-state index contributed by atoms with van der Waals surface area (Å²) in [7, 11) is -0.620. The number of carbonyl (C=O) groups is 1. The summed E-state index contributed by atoms with van der Waals surface area (Å²) in [6, 6.07) is 5.97. The van der Waals surface area contributed by atoms with Crippen LogP contribution in [0.25, 0.3) is 0 Å². The van der Waals surface area contributed by atoms with Gasteiger partial charge in [-0.05, 0) is 43.9 Å². The number of ether oxygens (including phenoxy) is 1. The Bertz CT molecular complexity index is 589. The van der Waals surface area contributed by atoms with Gasteiger partial charge in [-0.15, -0.1) is 0 Å². The van der Waals surface area contributed by atoms with Gasteiger partial charge in [-0.1, -0.05) is 6.07 Å². The number of benzene rings is 1. The van der Waals surface area contributed by atoms with Crippen molar-refractivity contribution in [2.45, 2.75) is 36.7 Å². The van der Waals surface area contributed by atoms with Crippen LogP contribution in [0.4, 0.5) is 0 Å². The highest BCUT2D eigenvalue weighted by atomic mass is 32.2. The molecule has 1 saturated carbocycles. The zero-order valence-corrected chi connectivity index (χ0v) is 12.5. The Morgan fingerprint density at radius 2 is 1.90 bits per heavy atom. The Kier molecular flexibility index (Phi) is 4.45. The van der Waals surface area contributed by atoms with Crippen molar-refractivity contribution in [2.24, 2.45) is 0 Å². The molecule has 1 fully saturated rings. The van der Waals surface area contributed by atoms with Gasteiger partial charge in [-0.2, -0.15) is 0 Å². The molecule has 5 nitrogen and oxygen atoms in total. The maximum Gasteiger partial charge on any atom is 0.338 e. The Labute approximate surface area is 119 Å². The van der Waals surface area contributed by atoms with Gasteiger partial charge < -0.3 is 4.74 Å². The highest BCUT2D eigenvalue weighted by Crippen LogP contribution is 2.23. The van der Waals surface area contributed by atoms with Crippen molar-refractivity contribution in [2.75, 3.05) is 14.1 Å². The van der Waals surface area contributed by atoms with E-state index in [1.807, 2.05) is 0 Å². The second kappa shape index (κ2) is 5.93. The number of carbonyl (C=O) groups excluding carboxylic acids is 1. The van der Waals surface area contributed by atoms with Crippen molar-refractivity contribution in [3.05, 3.63) is 29.8 Å². The van der Waals surface area contributed by atoms with Crippen LogP contribution in [-0.4, -0.2) is 38.9 Å². The minimum Gasteiger partial charge on any atom is -0.459 e. The van der Waals surface area contributed by atoms with E-state index in [-0.39, 0.29) is 16.6 Å². The van der Waals surface area contributed by atoms with Crippen molar-refractivity contribution in [3.63, 3.8) is 0 Å². The number of nitrogens with zero attached hydrogens (tertiary/aromatic N) is 1. The molecule has 0 heterocycles. The molecule has 0 atom stereocenters. The van der Waals surface area contributed by atoms with Crippen molar-refractivity contribution < 1.29 is 17.9 Å². The van der Waals surface area contributed by atoms with Crippen LogP contribution in [0.15, 0.2) is 29.2 Å². The van der Waals surface area contributed by atoms with Gasteiger partial charge in [0, 0.05) is 14.1 Å². The van der Waals surface area contributed by atoms with E-state index in [2.05, 4.69) is 0 Å². The van der Waals surface area contributed by atoms with E-state index in [9.17, 15) is 13.2 Å². The topological polar surface area (TPSA) is 63.7 Å². The summed E-state index contributed by atoms with van der Waals surface area (Å²) in [4.78, 5) is 12.1. The lowest BCUT2D eigenvalue weighted by atomic mass is 10.2. The lowest BCUT2D eigenvalue weighted by molar-refractivity contribution is 0.0317. The first-order valence-corrected chi connectivity index (χ1v) is 8.09. The summed E-state index contributed by atoms with van der Waals surface area (Å²) < 4.78 is 30.5. The molecule has 1 aromatic rings. The highest BCUT2D eigenvalue weighted by molar-refractivity contribution is 7.89. The molecule has 0 bridgehead atoms. The summed E-state index contributed by atoms with van der Waals surface area (Å²) in [5.74, 6) is -0.451. The molecule has 1 aliphatic rings. The summed E-state index contributed by atoms with van der Waals surface area (Å²) >= 11 is 0. The van der Waals surface area contributed by atoms with Gasteiger partial charge in [-0.3, -0.25) is 0 Å². The first-order valence-electron chi connectivity index (χ1n) is 6.65. The fourth-order valence-corrected chi connectivity index (χ4v) is 3.17. The number of hydrogen-bond acceptors (Lipinski definition) is 4. The zero-order valence-electron chi connectivity index (χ0n) is 11.7. The molecule has 6 heteroatoms. The largest absolute Gasteiger partial charge is 0.459 e. The second-order valence-electron chi connectivity index (χ2n) is 5.13. The Morgan fingerprint density at radius 3 is 2.50 bits per heavy atom. The maximum atomic E-state index is 12.0. The first kappa shape index (κ1) is 15.0. The molecule has 110 valence electrons. The third-order valence-electron chi connectivity index (χ3n) is 3.42. The predicted molar refractivity (Wildman–Crippen MR) is 75.0 cm³/mol. The average Bonchev–Trinajstić information content (AvgIpc) is 2.91. The lowest BCUT2D eigenvalue weighted by Gasteiger charge is -2.14. The van der Waals surface area contributed by atoms with Crippen molar-refractivity contribution in [1.82, 2.24) is 4.31 Å². The van der Waals surface area contributed by atoms with Gasteiger partial charge in [0.25, 0.3) is 0 Å². The van der Waals surface area contributed by atoms with E-state index < -0.39 is 16.0 Å². The molecule has 0 saturated heterocycles. The van der Waals surface area contributed by atoms with Crippen LogP contribution in [0.5, 0.6) is 0 Å². The van der Waals surface area contributed by atoms with E-state index in [1.165, 1.54) is 26.2 Å². The summed E-state index contributed by atoms with van der Waals surface area (Å²) in [6.07, 6.45) is 3.90. The molecule has 2 rings (SSSR count). The monoisotopic (exact) mass is 297 g/mol. The maximum absolute atomic E-state index is 12.0. The molecule has 1 aromatic carbocycles. The average molecular weight is 297 g/mol. The van der Waals surface area contributed by atoms with Gasteiger partial charge in [0.2, 0.25) is 10.0 Å².